The van der Waals surface area contributed by atoms with Gasteiger partial charge in [0.25, 0.3) is 0 Å². The minimum atomic E-state index is -2.28. The molecule has 4 saturated heterocycles. The first kappa shape index (κ1) is 32.5. The molecule has 3 N–H and O–H groups in total. The summed E-state index contributed by atoms with van der Waals surface area (Å²) < 4.78 is 26.7. The van der Waals surface area contributed by atoms with Gasteiger partial charge in [-0.15, -0.1) is 13.6 Å². The van der Waals surface area contributed by atoms with Crippen LogP contribution in [-0.4, -0.2) is 154 Å². The second kappa shape index (κ2) is 15.8. The fourth-order valence-electron chi connectivity index (χ4n) is 4.74. The van der Waals surface area contributed by atoms with Gasteiger partial charge in [-0.05, 0) is 12.1 Å². The maximum Gasteiger partial charge on any atom is 0.443 e. The quantitative estimate of drug-likeness (QED) is 0.224. The number of ether oxygens (including phenoxy) is 2. The summed E-state index contributed by atoms with van der Waals surface area (Å²) in [5.41, 5.74) is 0.654. The van der Waals surface area contributed by atoms with Crippen molar-refractivity contribution in [2.24, 2.45) is 0 Å². The van der Waals surface area contributed by atoms with E-state index >= 15 is 0 Å². The van der Waals surface area contributed by atoms with Crippen LogP contribution in [0.3, 0.4) is 0 Å². The van der Waals surface area contributed by atoms with E-state index in [1.165, 1.54) is 14.2 Å². The normalized spacial score (nSPS) is 25.1. The standard InChI is InChI=1S/C26H41N6O9P/c1-37-23(34)18-30-10-8-29(17-22(33)16-27-25(36)28-21-6-4-3-5-7-21)9-11-31(19-24(35)38-2)13-15-32(14-12-30)20-42-39-26(40-42)41-42/h3-7,22,26,33H,8-20H2,1-2H3,(H-,27,28,36)/p+1. The Bertz CT molecular complexity index is 990. The molecule has 5 rings (SSSR count). The predicted octanol–water partition coefficient (Wildman–Crippen LogP) is -0.183. The monoisotopic (exact) mass is 613 g/mol. The van der Waals surface area contributed by atoms with Crippen molar-refractivity contribution in [1.82, 2.24) is 24.9 Å². The molecule has 0 saturated carbocycles. The van der Waals surface area contributed by atoms with Gasteiger partial charge in [-0.2, -0.15) is 0 Å². The number of hydrogen-bond acceptors (Lipinski definition) is 13. The van der Waals surface area contributed by atoms with Gasteiger partial charge in [-0.3, -0.25) is 29.2 Å². The van der Waals surface area contributed by atoms with Crippen LogP contribution in [0.4, 0.5) is 10.5 Å². The molecule has 2 amide bonds. The van der Waals surface area contributed by atoms with Crippen molar-refractivity contribution < 1.29 is 42.5 Å². The highest BCUT2D eigenvalue weighted by atomic mass is 31.2. The third kappa shape index (κ3) is 10.1. The minimum Gasteiger partial charge on any atom is -0.468 e. The van der Waals surface area contributed by atoms with E-state index in [9.17, 15) is 19.5 Å². The lowest BCUT2D eigenvalue weighted by atomic mass is 10.2. The van der Waals surface area contributed by atoms with Gasteiger partial charge in [0.2, 0.25) is 0 Å². The van der Waals surface area contributed by atoms with E-state index < -0.39 is 26.6 Å². The van der Waals surface area contributed by atoms with Gasteiger partial charge in [0.15, 0.2) is 6.29 Å². The van der Waals surface area contributed by atoms with Gasteiger partial charge < -0.3 is 25.2 Å². The molecule has 1 unspecified atom stereocenters. The molecule has 1 aromatic rings. The Labute approximate surface area is 246 Å². The van der Waals surface area contributed by atoms with Gasteiger partial charge >= 0.3 is 32.4 Å². The molecule has 1 atom stereocenters. The van der Waals surface area contributed by atoms with Crippen molar-refractivity contribution >= 4 is 31.6 Å². The third-order valence-corrected chi connectivity index (χ3v) is 9.43. The predicted molar refractivity (Wildman–Crippen MR) is 153 cm³/mol. The van der Waals surface area contributed by atoms with E-state index in [2.05, 4.69) is 20.4 Å². The van der Waals surface area contributed by atoms with Crippen molar-refractivity contribution in [3.05, 3.63) is 30.3 Å². The number of methoxy groups -OCH3 is 2. The zero-order valence-electron chi connectivity index (χ0n) is 24.2. The first-order valence-corrected chi connectivity index (χ1v) is 15.7. The van der Waals surface area contributed by atoms with E-state index in [0.717, 1.165) is 0 Å². The summed E-state index contributed by atoms with van der Waals surface area (Å²) in [6.07, 6.45) is -0.333. The number of anilines is 1. The topological polar surface area (TPSA) is 155 Å². The summed E-state index contributed by atoms with van der Waals surface area (Å²) in [6.45, 7) is 4.63. The van der Waals surface area contributed by atoms with Crippen molar-refractivity contribution in [2.45, 2.75) is 12.6 Å². The maximum atomic E-state index is 12.3. The molecule has 15 nitrogen and oxygen atoms in total. The van der Waals surface area contributed by atoms with E-state index in [1.54, 1.807) is 12.1 Å². The number of rotatable bonds is 11. The number of nitrogens with zero attached hydrogens (tertiary/aromatic N) is 4. The van der Waals surface area contributed by atoms with Crippen LogP contribution in [0.2, 0.25) is 0 Å². The number of amides is 2. The average Bonchev–Trinajstić information content (AvgIpc) is 2.94. The summed E-state index contributed by atoms with van der Waals surface area (Å²) in [4.78, 5) is 44.9. The molecule has 4 aliphatic rings. The van der Waals surface area contributed by atoms with Crippen LogP contribution < -0.4 is 10.6 Å². The molecule has 4 heterocycles. The molecule has 2 bridgehead atoms. The summed E-state index contributed by atoms with van der Waals surface area (Å²) in [6, 6.07) is 8.64. The molecular formula is C26H42N6O9P+. The van der Waals surface area contributed by atoms with Crippen molar-refractivity contribution in [2.75, 3.05) is 104 Å². The largest absolute Gasteiger partial charge is 0.468 e. The van der Waals surface area contributed by atoms with Crippen LogP contribution in [0.25, 0.3) is 0 Å². The second-order valence-electron chi connectivity index (χ2n) is 10.3. The number of para-hydroxylation sites is 1. The second-order valence-corrected chi connectivity index (χ2v) is 12.5. The Morgan fingerprint density at radius 3 is 1.83 bits per heavy atom. The molecule has 4 aliphatic heterocycles. The number of carbonyl (C=O) groups excluding carboxylic acids is 3. The lowest BCUT2D eigenvalue weighted by molar-refractivity contribution is -0.331. The summed E-state index contributed by atoms with van der Waals surface area (Å²) >= 11 is 0. The van der Waals surface area contributed by atoms with Crippen LogP contribution in [0.5, 0.6) is 0 Å². The number of aliphatic hydroxyl groups excluding tert-OH is 1. The van der Waals surface area contributed by atoms with E-state index in [-0.39, 0.29) is 38.1 Å². The molecule has 0 radical (unpaired) electrons. The zero-order valence-corrected chi connectivity index (χ0v) is 25.1. The molecule has 0 spiro atoms. The lowest BCUT2D eigenvalue weighted by Gasteiger charge is -2.45. The van der Waals surface area contributed by atoms with Crippen LogP contribution in [0.1, 0.15) is 0 Å². The van der Waals surface area contributed by atoms with E-state index in [0.29, 0.717) is 64.3 Å². The van der Waals surface area contributed by atoms with Crippen LogP contribution >= 0.6 is 7.94 Å². The molecular weight excluding hydrogens is 571 g/mol. The fraction of sp³-hybridized carbons (Fsp3) is 0.654. The Morgan fingerprint density at radius 2 is 1.36 bits per heavy atom. The number of β-amino-alcohol motifs (C(OH)–C–C–N with tert-alkyl or cyclic N) is 1. The van der Waals surface area contributed by atoms with Gasteiger partial charge in [-0.25, -0.2) is 4.79 Å². The summed E-state index contributed by atoms with van der Waals surface area (Å²) in [7, 11) is 0.454. The zero-order chi connectivity index (χ0) is 30.0. The Morgan fingerprint density at radius 1 is 0.857 bits per heavy atom. The van der Waals surface area contributed by atoms with Gasteiger partial charge in [-0.1, -0.05) is 18.2 Å². The molecule has 0 aromatic heterocycles. The number of aliphatic hydroxyl groups is 1. The highest BCUT2D eigenvalue weighted by Gasteiger charge is 2.78. The summed E-state index contributed by atoms with van der Waals surface area (Å²) in [5, 5.41) is 16.2. The van der Waals surface area contributed by atoms with Gasteiger partial charge in [0, 0.05) is 71.1 Å². The van der Waals surface area contributed by atoms with Gasteiger partial charge in [0.05, 0.1) is 33.4 Å². The molecule has 16 heteroatoms. The third-order valence-electron chi connectivity index (χ3n) is 7.20. The Hall–Kier alpha value is -2.46. The van der Waals surface area contributed by atoms with Gasteiger partial charge in [0.1, 0.15) is 0 Å². The van der Waals surface area contributed by atoms with Crippen molar-refractivity contribution in [3.63, 3.8) is 0 Å². The molecule has 0 aliphatic carbocycles. The number of carbonyl (C=O) groups is 3. The maximum absolute atomic E-state index is 12.3. The van der Waals surface area contributed by atoms with Crippen LogP contribution in [0.15, 0.2) is 30.3 Å². The van der Waals surface area contributed by atoms with Crippen LogP contribution in [0, 0.1) is 0 Å². The minimum absolute atomic E-state index is 0.0554. The molecule has 4 fully saturated rings. The van der Waals surface area contributed by atoms with E-state index in [1.807, 2.05) is 28.0 Å². The number of esters is 2. The lowest BCUT2D eigenvalue weighted by Crippen LogP contribution is -2.53. The SMILES string of the molecule is COC(=O)CN1CCN(CC(O)CNC(=O)Nc2ccccc2)CCN(CC(=O)OC)CCN(C[P+]23OC(O2)O3)CC1. The average molecular weight is 614 g/mol. The number of urea groups is 1. The van der Waals surface area contributed by atoms with Crippen LogP contribution in [-0.2, 0) is 32.6 Å². The van der Waals surface area contributed by atoms with Crippen molar-refractivity contribution in [3.8, 4) is 0 Å². The Kier molecular flexibility index (Phi) is 12.2. The summed E-state index contributed by atoms with van der Waals surface area (Å²) in [5.74, 6) is -0.667. The molecule has 42 heavy (non-hydrogen) atoms. The van der Waals surface area contributed by atoms with Crippen molar-refractivity contribution in [1.29, 1.82) is 0 Å². The number of hydrogen-bond donors (Lipinski definition) is 3. The smallest absolute Gasteiger partial charge is 0.443 e. The van der Waals surface area contributed by atoms with E-state index in [4.69, 9.17) is 23.0 Å². The molecule has 234 valence electrons. The first-order valence-electron chi connectivity index (χ1n) is 14.0. The first-order chi connectivity index (χ1) is 20.3. The molecule has 1 aromatic carbocycles. The number of benzene rings is 1. The Balaban J connectivity index is 1.36. The fourth-order valence-corrected chi connectivity index (χ4v) is 6.55. The highest BCUT2D eigenvalue weighted by molar-refractivity contribution is 7.64. The number of nitrogens with one attached hydrogen (secondary N) is 2. The highest BCUT2D eigenvalue weighted by Crippen LogP contribution is 2.83.